The summed E-state index contributed by atoms with van der Waals surface area (Å²) in [7, 11) is 0. The smallest absolute Gasteiger partial charge is 0.334 e. The van der Waals surface area contributed by atoms with Gasteiger partial charge < -0.3 is 19.7 Å². The largest absolute Gasteiger partial charge is 0.479 e. The number of aliphatic carboxylic acids is 1. The molecule has 0 radical (unpaired) electrons. The van der Waals surface area contributed by atoms with Crippen molar-refractivity contribution < 1.29 is 24.5 Å². The number of hydrogen-bond acceptors (Lipinski definition) is 5. The first kappa shape index (κ1) is 13.4. The average Bonchev–Trinajstić information content (AvgIpc) is 2.26. The Bertz CT molecular complexity index is 223. The first-order valence-corrected chi connectivity index (χ1v) is 5.46. The van der Waals surface area contributed by atoms with E-state index in [9.17, 15) is 9.90 Å². The summed E-state index contributed by atoms with van der Waals surface area (Å²) in [4.78, 5) is 12.6. The van der Waals surface area contributed by atoms with Gasteiger partial charge in [0.25, 0.3) is 0 Å². The van der Waals surface area contributed by atoms with E-state index in [0.29, 0.717) is 32.8 Å². The molecule has 0 aromatic heterocycles. The van der Waals surface area contributed by atoms with Gasteiger partial charge in [-0.05, 0) is 6.92 Å². The van der Waals surface area contributed by atoms with Gasteiger partial charge in [-0.25, -0.2) is 4.79 Å². The standard InChI is InChI=1S/C10H19NO5/c1-2-15-7-8(12)5-11-3-4-16-9(6-11)10(13)14/h8-9,12H,2-7H2,1H3,(H,13,14). The van der Waals surface area contributed by atoms with Gasteiger partial charge in [0, 0.05) is 26.2 Å². The Hall–Kier alpha value is -0.690. The number of β-amino-alcohol motifs (C(OH)–C–C–N with tert-alkyl or cyclic N) is 1. The number of ether oxygens (including phenoxy) is 2. The SMILES string of the molecule is CCOCC(O)CN1CCOC(C(=O)O)C1. The number of carboxylic acid groups (broad SMARTS) is 1. The van der Waals surface area contributed by atoms with Gasteiger partial charge in [-0.15, -0.1) is 0 Å². The summed E-state index contributed by atoms with van der Waals surface area (Å²) in [6.07, 6.45) is -1.36. The third-order valence-corrected chi connectivity index (χ3v) is 2.41. The highest BCUT2D eigenvalue weighted by Crippen LogP contribution is 2.06. The summed E-state index contributed by atoms with van der Waals surface area (Å²) >= 11 is 0. The van der Waals surface area contributed by atoms with Crippen molar-refractivity contribution in [2.24, 2.45) is 0 Å². The Morgan fingerprint density at radius 3 is 3.06 bits per heavy atom. The molecule has 1 fully saturated rings. The molecule has 2 atom stereocenters. The van der Waals surface area contributed by atoms with E-state index in [-0.39, 0.29) is 6.61 Å². The number of nitrogens with zero attached hydrogens (tertiary/aromatic N) is 1. The highest BCUT2D eigenvalue weighted by molar-refractivity contribution is 5.72. The molecule has 0 spiro atoms. The van der Waals surface area contributed by atoms with Crippen molar-refractivity contribution in [2.75, 3.05) is 39.5 Å². The van der Waals surface area contributed by atoms with Gasteiger partial charge in [0.05, 0.1) is 19.3 Å². The molecular formula is C10H19NO5. The van der Waals surface area contributed by atoms with Crippen molar-refractivity contribution in [3.8, 4) is 0 Å². The third kappa shape index (κ3) is 4.44. The van der Waals surface area contributed by atoms with E-state index in [4.69, 9.17) is 14.6 Å². The molecule has 94 valence electrons. The van der Waals surface area contributed by atoms with E-state index < -0.39 is 18.2 Å². The maximum atomic E-state index is 10.7. The van der Waals surface area contributed by atoms with Crippen molar-refractivity contribution in [3.05, 3.63) is 0 Å². The van der Waals surface area contributed by atoms with Crippen LogP contribution < -0.4 is 0 Å². The van der Waals surface area contributed by atoms with Crippen LogP contribution in [-0.2, 0) is 14.3 Å². The van der Waals surface area contributed by atoms with Gasteiger partial charge in [-0.1, -0.05) is 0 Å². The first-order valence-electron chi connectivity index (χ1n) is 5.46. The lowest BCUT2D eigenvalue weighted by Gasteiger charge is -2.31. The van der Waals surface area contributed by atoms with Crippen LogP contribution in [0.1, 0.15) is 6.92 Å². The predicted octanol–water partition coefficient (Wildman–Crippen LogP) is -0.831. The summed E-state index contributed by atoms with van der Waals surface area (Å²) in [5, 5.41) is 18.4. The molecule has 16 heavy (non-hydrogen) atoms. The molecule has 0 saturated carbocycles. The normalized spacial score (nSPS) is 24.2. The van der Waals surface area contributed by atoms with Gasteiger partial charge in [0.2, 0.25) is 0 Å². The van der Waals surface area contributed by atoms with Crippen LogP contribution in [0.5, 0.6) is 0 Å². The minimum absolute atomic E-state index is 0.283. The molecule has 2 N–H and O–H groups in total. The number of carbonyl (C=O) groups is 1. The fraction of sp³-hybridized carbons (Fsp3) is 0.900. The molecule has 1 aliphatic rings. The Morgan fingerprint density at radius 2 is 2.44 bits per heavy atom. The molecular weight excluding hydrogens is 214 g/mol. The molecule has 1 heterocycles. The highest BCUT2D eigenvalue weighted by atomic mass is 16.5. The molecule has 1 aliphatic heterocycles. The highest BCUT2D eigenvalue weighted by Gasteiger charge is 2.27. The Morgan fingerprint density at radius 1 is 1.69 bits per heavy atom. The second kappa shape index (κ2) is 6.80. The number of aliphatic hydroxyl groups is 1. The van der Waals surface area contributed by atoms with E-state index in [1.165, 1.54) is 0 Å². The lowest BCUT2D eigenvalue weighted by molar-refractivity contribution is -0.156. The number of carboxylic acids is 1. The van der Waals surface area contributed by atoms with E-state index >= 15 is 0 Å². The molecule has 0 aromatic rings. The van der Waals surface area contributed by atoms with Gasteiger partial charge >= 0.3 is 5.97 Å². The van der Waals surface area contributed by atoms with E-state index in [0.717, 1.165) is 0 Å². The summed E-state index contributed by atoms with van der Waals surface area (Å²) in [5.74, 6) is -0.955. The average molecular weight is 233 g/mol. The van der Waals surface area contributed by atoms with Crippen LogP contribution in [0.4, 0.5) is 0 Å². The quantitative estimate of drug-likeness (QED) is 0.623. The summed E-state index contributed by atoms with van der Waals surface area (Å²) in [6, 6.07) is 0. The van der Waals surface area contributed by atoms with Crippen molar-refractivity contribution in [1.29, 1.82) is 0 Å². The zero-order valence-electron chi connectivity index (χ0n) is 9.46. The molecule has 0 aliphatic carbocycles. The van der Waals surface area contributed by atoms with E-state index in [1.807, 2.05) is 11.8 Å². The second-order valence-corrected chi connectivity index (χ2v) is 3.77. The van der Waals surface area contributed by atoms with E-state index in [1.54, 1.807) is 0 Å². The Kier molecular flexibility index (Phi) is 5.68. The van der Waals surface area contributed by atoms with Gasteiger partial charge in [-0.2, -0.15) is 0 Å². The lowest BCUT2D eigenvalue weighted by atomic mass is 10.2. The van der Waals surface area contributed by atoms with E-state index in [2.05, 4.69) is 0 Å². The van der Waals surface area contributed by atoms with Crippen LogP contribution in [0.15, 0.2) is 0 Å². The molecule has 6 heteroatoms. The fourth-order valence-corrected chi connectivity index (χ4v) is 1.62. The van der Waals surface area contributed by atoms with Crippen LogP contribution in [0, 0.1) is 0 Å². The summed E-state index contributed by atoms with van der Waals surface area (Å²) in [5.41, 5.74) is 0. The Labute approximate surface area is 94.8 Å². The second-order valence-electron chi connectivity index (χ2n) is 3.77. The van der Waals surface area contributed by atoms with Gasteiger partial charge in [0.15, 0.2) is 6.10 Å². The number of hydrogen-bond donors (Lipinski definition) is 2. The number of morpholine rings is 1. The summed E-state index contributed by atoms with van der Waals surface area (Å²) < 4.78 is 10.2. The fourth-order valence-electron chi connectivity index (χ4n) is 1.62. The van der Waals surface area contributed by atoms with Gasteiger partial charge in [-0.3, -0.25) is 4.90 Å². The van der Waals surface area contributed by atoms with Gasteiger partial charge in [0.1, 0.15) is 0 Å². The lowest BCUT2D eigenvalue weighted by Crippen LogP contribution is -2.48. The first-order chi connectivity index (χ1) is 7.63. The minimum atomic E-state index is -0.955. The number of rotatable bonds is 6. The maximum absolute atomic E-state index is 10.7. The van der Waals surface area contributed by atoms with Crippen LogP contribution in [0.2, 0.25) is 0 Å². The van der Waals surface area contributed by atoms with Crippen molar-refractivity contribution in [2.45, 2.75) is 19.1 Å². The molecule has 2 unspecified atom stereocenters. The Balaban J connectivity index is 2.28. The van der Waals surface area contributed by atoms with Crippen LogP contribution in [-0.4, -0.2) is 72.7 Å². The zero-order chi connectivity index (χ0) is 12.0. The number of aliphatic hydroxyl groups excluding tert-OH is 1. The van der Waals surface area contributed by atoms with Crippen molar-refractivity contribution in [1.82, 2.24) is 4.90 Å². The summed E-state index contributed by atoms with van der Waals surface area (Å²) in [6.45, 7) is 4.49. The van der Waals surface area contributed by atoms with Crippen LogP contribution in [0.25, 0.3) is 0 Å². The maximum Gasteiger partial charge on any atom is 0.334 e. The van der Waals surface area contributed by atoms with Crippen molar-refractivity contribution >= 4 is 5.97 Å². The minimum Gasteiger partial charge on any atom is -0.479 e. The predicted molar refractivity (Wildman–Crippen MR) is 56.3 cm³/mol. The molecule has 1 rings (SSSR count). The van der Waals surface area contributed by atoms with Crippen molar-refractivity contribution in [3.63, 3.8) is 0 Å². The van der Waals surface area contributed by atoms with Crippen LogP contribution >= 0.6 is 0 Å². The molecule has 0 amide bonds. The molecule has 0 bridgehead atoms. The zero-order valence-corrected chi connectivity index (χ0v) is 9.46. The third-order valence-electron chi connectivity index (χ3n) is 2.41. The van der Waals surface area contributed by atoms with Crippen LogP contribution in [0.3, 0.4) is 0 Å². The molecule has 0 aromatic carbocycles. The topological polar surface area (TPSA) is 79.2 Å². The monoisotopic (exact) mass is 233 g/mol. The molecule has 6 nitrogen and oxygen atoms in total. The molecule has 1 saturated heterocycles.